The maximum atomic E-state index is 12.6. The number of aryl methyl sites for hydroxylation is 2. The Morgan fingerprint density at radius 2 is 1.88 bits per heavy atom. The highest BCUT2D eigenvalue weighted by Crippen LogP contribution is 2.29. The van der Waals surface area contributed by atoms with Crippen LogP contribution in [0.3, 0.4) is 0 Å². The Hall–Kier alpha value is -2.50. The van der Waals surface area contributed by atoms with E-state index in [0.717, 1.165) is 23.3 Å². The third kappa shape index (κ3) is 5.01. The van der Waals surface area contributed by atoms with Crippen LogP contribution in [0.5, 0.6) is 5.75 Å². The molecule has 6 heteroatoms. The van der Waals surface area contributed by atoms with Crippen molar-refractivity contribution in [2.75, 3.05) is 6.61 Å². The van der Waals surface area contributed by atoms with Crippen LogP contribution in [-0.4, -0.2) is 12.5 Å². The molecular weight excluding hydrogens is 319 g/mol. The van der Waals surface area contributed by atoms with Crippen molar-refractivity contribution >= 4 is 5.91 Å². The van der Waals surface area contributed by atoms with Crippen molar-refractivity contribution in [3.8, 4) is 5.75 Å². The highest BCUT2D eigenvalue weighted by molar-refractivity contribution is 5.77. The van der Waals surface area contributed by atoms with Crippen LogP contribution in [0.15, 0.2) is 42.5 Å². The number of hydrogen-bond acceptors (Lipinski definition) is 2. The monoisotopic (exact) mass is 337 g/mol. The number of rotatable bonds is 5. The number of nitrogens with one attached hydrogen (secondary N) is 1. The minimum Gasteiger partial charge on any atom is -0.483 e. The van der Waals surface area contributed by atoms with Crippen molar-refractivity contribution < 1.29 is 22.7 Å². The maximum absolute atomic E-state index is 12.6. The topological polar surface area (TPSA) is 38.3 Å². The van der Waals surface area contributed by atoms with Gasteiger partial charge in [-0.05, 0) is 48.7 Å². The molecule has 24 heavy (non-hydrogen) atoms. The van der Waals surface area contributed by atoms with Gasteiger partial charge in [-0.1, -0.05) is 24.3 Å². The summed E-state index contributed by atoms with van der Waals surface area (Å²) in [5.41, 5.74) is 1.57. The summed E-state index contributed by atoms with van der Waals surface area (Å²) in [6.07, 6.45) is -4.40. The number of halogens is 3. The van der Waals surface area contributed by atoms with Crippen molar-refractivity contribution in [2.24, 2.45) is 0 Å². The summed E-state index contributed by atoms with van der Waals surface area (Å²) in [4.78, 5) is 11.8. The Morgan fingerprint density at radius 1 is 1.12 bits per heavy atom. The van der Waals surface area contributed by atoms with E-state index in [2.05, 4.69) is 5.32 Å². The van der Waals surface area contributed by atoms with Gasteiger partial charge in [-0.2, -0.15) is 13.2 Å². The van der Waals surface area contributed by atoms with Gasteiger partial charge in [0.2, 0.25) is 0 Å². The van der Waals surface area contributed by atoms with Crippen LogP contribution in [0.2, 0.25) is 0 Å². The quantitative estimate of drug-likeness (QED) is 0.895. The fourth-order valence-corrected chi connectivity index (χ4v) is 2.12. The minimum atomic E-state index is -4.40. The molecule has 0 atom stereocenters. The van der Waals surface area contributed by atoms with Gasteiger partial charge in [0.15, 0.2) is 6.61 Å². The van der Waals surface area contributed by atoms with Crippen LogP contribution in [0.4, 0.5) is 13.2 Å². The zero-order valence-corrected chi connectivity index (χ0v) is 13.4. The number of hydrogen-bond donors (Lipinski definition) is 1. The van der Waals surface area contributed by atoms with E-state index in [4.69, 9.17) is 4.74 Å². The summed E-state index contributed by atoms with van der Waals surface area (Å²) in [6.45, 7) is 3.61. The van der Waals surface area contributed by atoms with Gasteiger partial charge >= 0.3 is 6.18 Å². The Kier molecular flexibility index (Phi) is 5.49. The number of carbonyl (C=O) groups excluding carboxylic acids is 1. The molecule has 0 aliphatic carbocycles. The number of benzene rings is 2. The highest BCUT2D eigenvalue weighted by atomic mass is 19.4. The summed E-state index contributed by atoms with van der Waals surface area (Å²) in [5.74, 6) is 0.220. The van der Waals surface area contributed by atoms with Gasteiger partial charge < -0.3 is 10.1 Å². The Balaban J connectivity index is 1.88. The summed E-state index contributed by atoms with van der Waals surface area (Å²) in [5, 5.41) is 2.55. The zero-order valence-electron chi connectivity index (χ0n) is 13.4. The molecule has 0 heterocycles. The van der Waals surface area contributed by atoms with Crippen molar-refractivity contribution in [3.63, 3.8) is 0 Å². The SMILES string of the molecule is Cc1ccc(C)c(OCC(=O)NCc2cccc(C(F)(F)F)c2)c1. The molecule has 3 nitrogen and oxygen atoms in total. The molecular formula is C18H18F3NO2. The first kappa shape index (κ1) is 17.8. The molecule has 0 spiro atoms. The predicted octanol–water partition coefficient (Wildman–Crippen LogP) is 4.02. The Morgan fingerprint density at radius 3 is 2.58 bits per heavy atom. The molecule has 0 fully saturated rings. The molecule has 0 aliphatic heterocycles. The lowest BCUT2D eigenvalue weighted by Crippen LogP contribution is -2.28. The predicted molar refractivity (Wildman–Crippen MR) is 84.7 cm³/mol. The Labute approximate surface area is 138 Å². The molecule has 0 saturated heterocycles. The van der Waals surface area contributed by atoms with Crippen LogP contribution in [-0.2, 0) is 17.5 Å². The zero-order chi connectivity index (χ0) is 17.7. The van der Waals surface area contributed by atoms with Crippen LogP contribution in [0.1, 0.15) is 22.3 Å². The third-order valence-electron chi connectivity index (χ3n) is 3.45. The summed E-state index contributed by atoms with van der Waals surface area (Å²) in [7, 11) is 0. The van der Waals surface area contributed by atoms with Gasteiger partial charge in [0, 0.05) is 6.54 Å². The average molecular weight is 337 g/mol. The number of carbonyl (C=O) groups is 1. The number of amides is 1. The molecule has 1 N–H and O–H groups in total. The van der Waals surface area contributed by atoms with E-state index >= 15 is 0 Å². The van der Waals surface area contributed by atoms with E-state index in [1.807, 2.05) is 32.0 Å². The second-order valence-corrected chi connectivity index (χ2v) is 5.53. The smallest absolute Gasteiger partial charge is 0.416 e. The van der Waals surface area contributed by atoms with Gasteiger partial charge in [0.25, 0.3) is 5.91 Å². The summed E-state index contributed by atoms with van der Waals surface area (Å²) >= 11 is 0. The molecule has 0 bridgehead atoms. The van der Waals surface area contributed by atoms with Crippen molar-refractivity contribution in [1.29, 1.82) is 0 Å². The van der Waals surface area contributed by atoms with Crippen molar-refractivity contribution in [1.82, 2.24) is 5.32 Å². The van der Waals surface area contributed by atoms with Gasteiger partial charge in [0.1, 0.15) is 5.75 Å². The summed E-state index contributed by atoms with van der Waals surface area (Å²) in [6, 6.07) is 10.5. The van der Waals surface area contributed by atoms with E-state index in [9.17, 15) is 18.0 Å². The first-order valence-corrected chi connectivity index (χ1v) is 7.38. The molecule has 0 unspecified atom stereocenters. The van der Waals surface area contributed by atoms with Crippen LogP contribution < -0.4 is 10.1 Å². The van der Waals surface area contributed by atoms with E-state index in [-0.39, 0.29) is 13.2 Å². The molecule has 1 amide bonds. The molecule has 2 aromatic rings. The molecule has 0 radical (unpaired) electrons. The standard InChI is InChI=1S/C18H18F3NO2/c1-12-6-7-13(2)16(8-12)24-11-17(23)22-10-14-4-3-5-15(9-14)18(19,20)21/h3-9H,10-11H2,1-2H3,(H,22,23). The second kappa shape index (κ2) is 7.38. The second-order valence-electron chi connectivity index (χ2n) is 5.53. The third-order valence-corrected chi connectivity index (χ3v) is 3.45. The maximum Gasteiger partial charge on any atom is 0.416 e. The number of ether oxygens (including phenoxy) is 1. The van der Waals surface area contributed by atoms with Crippen LogP contribution >= 0.6 is 0 Å². The first-order chi connectivity index (χ1) is 11.3. The van der Waals surface area contributed by atoms with Crippen LogP contribution in [0, 0.1) is 13.8 Å². The number of alkyl halides is 3. The lowest BCUT2D eigenvalue weighted by atomic mass is 10.1. The fourth-order valence-electron chi connectivity index (χ4n) is 2.12. The normalized spacial score (nSPS) is 11.2. The fraction of sp³-hybridized carbons (Fsp3) is 0.278. The van der Waals surface area contributed by atoms with Gasteiger partial charge in [0.05, 0.1) is 5.56 Å². The molecule has 128 valence electrons. The largest absolute Gasteiger partial charge is 0.483 e. The van der Waals surface area contributed by atoms with Crippen LogP contribution in [0.25, 0.3) is 0 Å². The minimum absolute atomic E-state index is 0.0128. The molecule has 2 rings (SSSR count). The highest BCUT2D eigenvalue weighted by Gasteiger charge is 2.30. The molecule has 0 saturated carbocycles. The lowest BCUT2D eigenvalue weighted by Gasteiger charge is -2.11. The van der Waals surface area contributed by atoms with Crippen molar-refractivity contribution in [3.05, 3.63) is 64.7 Å². The first-order valence-electron chi connectivity index (χ1n) is 7.38. The van der Waals surface area contributed by atoms with Gasteiger partial charge in [-0.15, -0.1) is 0 Å². The lowest BCUT2D eigenvalue weighted by molar-refractivity contribution is -0.137. The molecule has 2 aromatic carbocycles. The molecule has 0 aromatic heterocycles. The van der Waals surface area contributed by atoms with Crippen molar-refractivity contribution in [2.45, 2.75) is 26.6 Å². The molecule has 0 aliphatic rings. The van der Waals surface area contributed by atoms with E-state index in [0.29, 0.717) is 11.3 Å². The Bertz CT molecular complexity index is 726. The van der Waals surface area contributed by atoms with E-state index < -0.39 is 17.6 Å². The van der Waals surface area contributed by atoms with E-state index in [1.165, 1.54) is 12.1 Å². The van der Waals surface area contributed by atoms with E-state index in [1.54, 1.807) is 0 Å². The summed E-state index contributed by atoms with van der Waals surface area (Å²) < 4.78 is 43.4. The van der Waals surface area contributed by atoms with Gasteiger partial charge in [-0.25, -0.2) is 0 Å². The van der Waals surface area contributed by atoms with Gasteiger partial charge in [-0.3, -0.25) is 4.79 Å². The average Bonchev–Trinajstić information content (AvgIpc) is 2.53.